The molecule has 1 aromatic heterocycles. The van der Waals surface area contributed by atoms with E-state index in [2.05, 4.69) is 10.2 Å². The van der Waals surface area contributed by atoms with E-state index in [1.165, 1.54) is 12.0 Å². The smallest absolute Gasteiger partial charge is 0.262 e. The number of nitrogens with zero attached hydrogens (tertiary/aromatic N) is 3. The molecule has 3 rings (SSSR count). The molecule has 1 aromatic carbocycles. The third kappa shape index (κ3) is 2.12. The Morgan fingerprint density at radius 3 is 2.27 bits per heavy atom. The first-order chi connectivity index (χ1) is 10.5. The molecule has 0 saturated heterocycles. The van der Waals surface area contributed by atoms with Crippen LogP contribution in [-0.2, 0) is 0 Å². The quantitative estimate of drug-likeness (QED) is 0.813. The predicted molar refractivity (Wildman–Crippen MR) is 79.0 cm³/mol. The molecule has 7 heteroatoms. The fourth-order valence-corrected chi connectivity index (χ4v) is 2.68. The minimum atomic E-state index is -0.574. The third-order valence-electron chi connectivity index (χ3n) is 3.61. The van der Waals surface area contributed by atoms with Gasteiger partial charge in [0.2, 0.25) is 5.88 Å². The van der Waals surface area contributed by atoms with Crippen molar-refractivity contribution in [1.29, 1.82) is 0 Å². The molecule has 0 N–H and O–H groups in total. The van der Waals surface area contributed by atoms with Crippen LogP contribution in [-0.4, -0.2) is 34.0 Å². The Morgan fingerprint density at radius 1 is 1.14 bits per heavy atom. The van der Waals surface area contributed by atoms with Crippen molar-refractivity contribution < 1.29 is 14.3 Å². The highest BCUT2D eigenvalue weighted by Gasteiger charge is 2.39. The molecule has 2 amide bonds. The van der Waals surface area contributed by atoms with Gasteiger partial charge in [-0.2, -0.15) is 0 Å². The van der Waals surface area contributed by atoms with Gasteiger partial charge in [-0.3, -0.25) is 14.5 Å². The number of hydrogen-bond donors (Lipinski definition) is 0. The van der Waals surface area contributed by atoms with Gasteiger partial charge >= 0.3 is 0 Å². The number of carbonyl (C=O) groups is 2. The molecule has 1 aliphatic rings. The Labute approximate surface area is 131 Å². The molecule has 0 fully saturated rings. The lowest BCUT2D eigenvalue weighted by molar-refractivity contribution is 0.0593. The van der Waals surface area contributed by atoms with Crippen molar-refractivity contribution >= 4 is 23.4 Å². The van der Waals surface area contributed by atoms with Gasteiger partial charge in [0, 0.05) is 5.56 Å². The van der Waals surface area contributed by atoms with E-state index in [4.69, 9.17) is 16.3 Å². The van der Waals surface area contributed by atoms with Crippen LogP contribution < -0.4 is 4.74 Å². The number of hydrogen-bond acceptors (Lipinski definition) is 5. The summed E-state index contributed by atoms with van der Waals surface area (Å²) in [5.41, 5.74) is 1.31. The summed E-state index contributed by atoms with van der Waals surface area (Å²) < 4.78 is 5.15. The zero-order chi connectivity index (χ0) is 15.9. The molecule has 1 unspecified atom stereocenters. The molecule has 1 atom stereocenters. The average Bonchev–Trinajstić information content (AvgIpc) is 2.79. The fourth-order valence-electron chi connectivity index (χ4n) is 2.53. The van der Waals surface area contributed by atoms with Crippen molar-refractivity contribution in [1.82, 2.24) is 15.1 Å². The Balaban J connectivity index is 2.04. The zero-order valence-electron chi connectivity index (χ0n) is 11.9. The minimum Gasteiger partial charge on any atom is -0.480 e. The molecule has 6 nitrogen and oxygen atoms in total. The van der Waals surface area contributed by atoms with Crippen molar-refractivity contribution in [3.63, 3.8) is 0 Å². The number of fused-ring (bicyclic) bond motifs is 1. The molecule has 22 heavy (non-hydrogen) atoms. The number of rotatable bonds is 3. The number of methoxy groups -OCH3 is 1. The molecular formula is C15H12ClN3O3. The van der Waals surface area contributed by atoms with Crippen molar-refractivity contribution in [2.24, 2.45) is 0 Å². The first kappa shape index (κ1) is 14.5. The van der Waals surface area contributed by atoms with E-state index in [0.717, 1.165) is 0 Å². The molecule has 0 saturated carbocycles. The van der Waals surface area contributed by atoms with Crippen LogP contribution >= 0.6 is 11.6 Å². The highest BCUT2D eigenvalue weighted by molar-refractivity contribution is 6.29. The van der Waals surface area contributed by atoms with Gasteiger partial charge in [0.05, 0.1) is 24.3 Å². The Bertz CT molecular complexity index is 743. The molecule has 0 spiro atoms. The van der Waals surface area contributed by atoms with Gasteiger partial charge in [-0.15, -0.1) is 10.2 Å². The van der Waals surface area contributed by atoms with Crippen molar-refractivity contribution in [2.45, 2.75) is 13.0 Å². The lowest BCUT2D eigenvalue weighted by atomic mass is 10.1. The lowest BCUT2D eigenvalue weighted by Crippen LogP contribution is -2.33. The standard InChI is InChI=1S/C15H12ClN3O3/c1-8(11-7-12(16)17-18-13(11)22-2)19-14(20)9-5-3-4-6-10(9)15(19)21/h3-8H,1-2H3. The number of aromatic nitrogens is 2. The van der Waals surface area contributed by atoms with Gasteiger partial charge in [-0.1, -0.05) is 23.7 Å². The summed E-state index contributed by atoms with van der Waals surface area (Å²) in [6.45, 7) is 1.72. The molecule has 2 aromatic rings. The zero-order valence-corrected chi connectivity index (χ0v) is 12.7. The van der Waals surface area contributed by atoms with E-state index < -0.39 is 6.04 Å². The summed E-state index contributed by atoms with van der Waals surface area (Å²) in [6, 6.07) is 7.69. The second-order valence-corrected chi connectivity index (χ2v) is 5.22. The van der Waals surface area contributed by atoms with Crippen LogP contribution in [0.3, 0.4) is 0 Å². The lowest BCUT2D eigenvalue weighted by Gasteiger charge is -2.23. The first-order valence-electron chi connectivity index (χ1n) is 6.58. The van der Waals surface area contributed by atoms with Crippen LogP contribution in [0.15, 0.2) is 30.3 Å². The summed E-state index contributed by atoms with van der Waals surface area (Å²) in [4.78, 5) is 26.2. The summed E-state index contributed by atoms with van der Waals surface area (Å²) >= 11 is 5.87. The largest absolute Gasteiger partial charge is 0.480 e. The summed E-state index contributed by atoms with van der Waals surface area (Å²) in [7, 11) is 1.44. The molecule has 0 bridgehead atoms. The fraction of sp³-hybridized carbons (Fsp3) is 0.200. The van der Waals surface area contributed by atoms with E-state index in [1.807, 2.05) is 0 Å². The monoisotopic (exact) mass is 317 g/mol. The molecule has 0 aliphatic carbocycles. The van der Waals surface area contributed by atoms with Gasteiger partial charge < -0.3 is 4.74 Å². The van der Waals surface area contributed by atoms with Crippen LogP contribution in [0, 0.1) is 0 Å². The van der Waals surface area contributed by atoms with Crippen LogP contribution in [0.1, 0.15) is 39.2 Å². The number of ether oxygens (including phenoxy) is 1. The van der Waals surface area contributed by atoms with Crippen LogP contribution in [0.2, 0.25) is 5.15 Å². The molecule has 2 heterocycles. The van der Waals surface area contributed by atoms with E-state index >= 15 is 0 Å². The Hall–Kier alpha value is -2.47. The van der Waals surface area contributed by atoms with Crippen LogP contribution in [0.4, 0.5) is 0 Å². The topological polar surface area (TPSA) is 72.4 Å². The maximum atomic E-state index is 12.5. The summed E-state index contributed by atoms with van der Waals surface area (Å²) in [5, 5.41) is 7.70. The summed E-state index contributed by atoms with van der Waals surface area (Å²) in [5.74, 6) is -0.459. The van der Waals surface area contributed by atoms with E-state index in [1.54, 1.807) is 37.3 Å². The van der Waals surface area contributed by atoms with Gasteiger partial charge in [0.25, 0.3) is 11.8 Å². The van der Waals surface area contributed by atoms with E-state index in [-0.39, 0.29) is 22.8 Å². The second-order valence-electron chi connectivity index (χ2n) is 4.83. The first-order valence-corrected chi connectivity index (χ1v) is 6.96. The summed E-state index contributed by atoms with van der Waals surface area (Å²) in [6.07, 6.45) is 0. The van der Waals surface area contributed by atoms with E-state index in [0.29, 0.717) is 16.7 Å². The second kappa shape index (κ2) is 5.38. The highest BCUT2D eigenvalue weighted by atomic mass is 35.5. The van der Waals surface area contributed by atoms with Gasteiger partial charge in [0.15, 0.2) is 5.15 Å². The van der Waals surface area contributed by atoms with Crippen molar-refractivity contribution in [2.75, 3.05) is 7.11 Å². The maximum absolute atomic E-state index is 12.5. The highest BCUT2D eigenvalue weighted by Crippen LogP contribution is 2.34. The normalized spacial score (nSPS) is 15.0. The third-order valence-corrected chi connectivity index (χ3v) is 3.80. The molecule has 0 radical (unpaired) electrons. The van der Waals surface area contributed by atoms with Crippen LogP contribution in [0.5, 0.6) is 5.88 Å². The Morgan fingerprint density at radius 2 is 1.73 bits per heavy atom. The van der Waals surface area contributed by atoms with Gasteiger partial charge in [-0.05, 0) is 25.1 Å². The van der Waals surface area contributed by atoms with Gasteiger partial charge in [0.1, 0.15) is 0 Å². The maximum Gasteiger partial charge on any atom is 0.262 e. The SMILES string of the molecule is COc1nnc(Cl)cc1C(C)N1C(=O)c2ccccc2C1=O. The average molecular weight is 318 g/mol. The van der Waals surface area contributed by atoms with Gasteiger partial charge in [-0.25, -0.2) is 0 Å². The molecule has 1 aliphatic heterocycles. The number of benzene rings is 1. The Kier molecular flexibility index (Phi) is 3.54. The van der Waals surface area contributed by atoms with Crippen molar-refractivity contribution in [3.8, 4) is 5.88 Å². The number of carbonyl (C=O) groups excluding carboxylic acids is 2. The van der Waals surface area contributed by atoms with Crippen LogP contribution in [0.25, 0.3) is 0 Å². The minimum absolute atomic E-state index is 0.166. The van der Waals surface area contributed by atoms with Crippen molar-refractivity contribution in [3.05, 3.63) is 52.2 Å². The number of halogens is 1. The number of imide groups is 1. The van der Waals surface area contributed by atoms with E-state index in [9.17, 15) is 9.59 Å². The number of amides is 2. The molecular weight excluding hydrogens is 306 g/mol. The predicted octanol–water partition coefficient (Wildman–Crippen LogP) is 2.50. The molecule has 112 valence electrons.